The number of amides is 1. The zero-order valence-electron chi connectivity index (χ0n) is 14.8. The molecule has 0 saturated carbocycles. The topological polar surface area (TPSA) is 41.6 Å². The average molecular weight is 356 g/mol. The highest BCUT2D eigenvalue weighted by Crippen LogP contribution is 2.24. The van der Waals surface area contributed by atoms with E-state index < -0.39 is 0 Å². The fraction of sp³-hybridized carbons (Fsp3) is 0.0870. The van der Waals surface area contributed by atoms with Gasteiger partial charge in [-0.2, -0.15) is 0 Å². The number of ether oxygens (including phenoxy) is 1. The van der Waals surface area contributed by atoms with Crippen LogP contribution in [0.1, 0.15) is 10.4 Å². The third kappa shape index (κ3) is 4.18. The number of carbonyl (C=O) groups is 1. The molecule has 27 heavy (non-hydrogen) atoms. The Morgan fingerprint density at radius 2 is 1.52 bits per heavy atom. The standard InChI is InChI=1S/C23H20N2O2/c26-23(18-11-13-20(14-12-18)25-15-4-5-16-25)24-19-7-6-10-22(17-19)27-21-8-2-1-3-9-21/h1-14,17H,15-16H2,(H,24,26). The number of nitrogens with one attached hydrogen (secondary N) is 1. The van der Waals surface area contributed by atoms with Gasteiger partial charge >= 0.3 is 0 Å². The van der Waals surface area contributed by atoms with Crippen LogP contribution in [-0.4, -0.2) is 19.0 Å². The van der Waals surface area contributed by atoms with Gasteiger partial charge in [-0.25, -0.2) is 0 Å². The highest BCUT2D eigenvalue weighted by atomic mass is 16.5. The van der Waals surface area contributed by atoms with Crippen LogP contribution < -0.4 is 15.0 Å². The quantitative estimate of drug-likeness (QED) is 0.646. The molecule has 0 bridgehead atoms. The molecule has 134 valence electrons. The smallest absolute Gasteiger partial charge is 0.255 e. The molecule has 4 heteroatoms. The van der Waals surface area contributed by atoms with Gasteiger partial charge < -0.3 is 15.0 Å². The summed E-state index contributed by atoms with van der Waals surface area (Å²) in [5, 5.41) is 2.93. The Morgan fingerprint density at radius 3 is 2.26 bits per heavy atom. The van der Waals surface area contributed by atoms with E-state index in [2.05, 4.69) is 22.4 Å². The summed E-state index contributed by atoms with van der Waals surface area (Å²) in [5.74, 6) is 1.29. The van der Waals surface area contributed by atoms with Crippen LogP contribution in [-0.2, 0) is 0 Å². The lowest BCUT2D eigenvalue weighted by Crippen LogP contribution is -2.18. The molecule has 0 aromatic heterocycles. The van der Waals surface area contributed by atoms with E-state index in [-0.39, 0.29) is 5.91 Å². The van der Waals surface area contributed by atoms with Crippen molar-refractivity contribution in [2.75, 3.05) is 23.3 Å². The monoisotopic (exact) mass is 356 g/mol. The molecule has 1 amide bonds. The van der Waals surface area contributed by atoms with E-state index >= 15 is 0 Å². The van der Waals surface area contributed by atoms with Crippen molar-refractivity contribution < 1.29 is 9.53 Å². The Kier molecular flexibility index (Phi) is 4.88. The van der Waals surface area contributed by atoms with Gasteiger partial charge in [0.05, 0.1) is 0 Å². The number of hydrogen-bond acceptors (Lipinski definition) is 3. The van der Waals surface area contributed by atoms with Crippen LogP contribution in [0.5, 0.6) is 11.5 Å². The molecule has 0 fully saturated rings. The van der Waals surface area contributed by atoms with Gasteiger partial charge in [0.2, 0.25) is 0 Å². The molecule has 1 aliphatic heterocycles. The van der Waals surface area contributed by atoms with Crippen molar-refractivity contribution in [1.29, 1.82) is 0 Å². The number of para-hydroxylation sites is 1. The van der Waals surface area contributed by atoms with Gasteiger partial charge in [0.25, 0.3) is 5.91 Å². The van der Waals surface area contributed by atoms with Crippen molar-refractivity contribution in [2.45, 2.75) is 0 Å². The first kappa shape index (κ1) is 16.9. The number of hydrogen-bond donors (Lipinski definition) is 1. The van der Waals surface area contributed by atoms with E-state index in [1.165, 1.54) is 0 Å². The Balaban J connectivity index is 1.42. The molecule has 0 radical (unpaired) electrons. The molecule has 3 aromatic carbocycles. The second-order valence-corrected chi connectivity index (χ2v) is 6.32. The molecule has 3 aromatic rings. The van der Waals surface area contributed by atoms with Crippen LogP contribution in [0.25, 0.3) is 0 Å². The second kappa shape index (κ2) is 7.79. The van der Waals surface area contributed by atoms with Gasteiger partial charge in [-0.05, 0) is 48.5 Å². The molecular weight excluding hydrogens is 336 g/mol. The molecule has 0 aliphatic carbocycles. The van der Waals surface area contributed by atoms with Crippen LogP contribution >= 0.6 is 0 Å². The number of anilines is 2. The van der Waals surface area contributed by atoms with Crippen LogP contribution in [0.15, 0.2) is 91.0 Å². The van der Waals surface area contributed by atoms with Gasteiger partial charge in [0.1, 0.15) is 11.5 Å². The zero-order chi connectivity index (χ0) is 18.5. The van der Waals surface area contributed by atoms with E-state index in [1.54, 1.807) is 0 Å². The molecular formula is C23H20N2O2. The Bertz CT molecular complexity index is 942. The Hall–Kier alpha value is -3.53. The van der Waals surface area contributed by atoms with E-state index in [0.717, 1.165) is 24.5 Å². The molecule has 0 unspecified atom stereocenters. The van der Waals surface area contributed by atoms with Crippen molar-refractivity contribution in [2.24, 2.45) is 0 Å². The van der Waals surface area contributed by atoms with Crippen molar-refractivity contribution in [1.82, 2.24) is 0 Å². The summed E-state index contributed by atoms with van der Waals surface area (Å²) >= 11 is 0. The average Bonchev–Trinajstić information content (AvgIpc) is 3.24. The summed E-state index contributed by atoms with van der Waals surface area (Å²) in [6, 6.07) is 24.6. The van der Waals surface area contributed by atoms with Gasteiger partial charge in [-0.3, -0.25) is 4.79 Å². The number of carbonyl (C=O) groups excluding carboxylic acids is 1. The fourth-order valence-corrected chi connectivity index (χ4v) is 2.98. The first-order chi connectivity index (χ1) is 13.3. The predicted octanol–water partition coefficient (Wildman–Crippen LogP) is 5.11. The first-order valence-electron chi connectivity index (χ1n) is 8.92. The zero-order valence-corrected chi connectivity index (χ0v) is 14.8. The van der Waals surface area contributed by atoms with E-state index in [9.17, 15) is 4.79 Å². The SMILES string of the molecule is O=C(Nc1cccc(Oc2ccccc2)c1)c1ccc(N2CC=CC2)cc1. The maximum Gasteiger partial charge on any atom is 0.255 e. The Labute approximate surface area is 158 Å². The molecule has 4 rings (SSSR count). The summed E-state index contributed by atoms with van der Waals surface area (Å²) < 4.78 is 5.82. The molecule has 1 heterocycles. The molecule has 1 N–H and O–H groups in total. The van der Waals surface area contributed by atoms with Crippen molar-refractivity contribution in [3.8, 4) is 11.5 Å². The van der Waals surface area contributed by atoms with Gasteiger partial charge in [-0.15, -0.1) is 0 Å². The minimum Gasteiger partial charge on any atom is -0.457 e. The van der Waals surface area contributed by atoms with Crippen molar-refractivity contribution in [3.63, 3.8) is 0 Å². The van der Waals surface area contributed by atoms with Crippen molar-refractivity contribution in [3.05, 3.63) is 96.6 Å². The molecule has 1 aliphatic rings. The largest absolute Gasteiger partial charge is 0.457 e. The number of nitrogens with zero attached hydrogens (tertiary/aromatic N) is 1. The van der Waals surface area contributed by atoms with Crippen LogP contribution in [0.4, 0.5) is 11.4 Å². The van der Waals surface area contributed by atoms with Gasteiger partial charge in [0, 0.05) is 36.1 Å². The fourth-order valence-electron chi connectivity index (χ4n) is 2.98. The van der Waals surface area contributed by atoms with E-state index in [0.29, 0.717) is 17.0 Å². The summed E-state index contributed by atoms with van der Waals surface area (Å²) in [4.78, 5) is 14.8. The maximum atomic E-state index is 12.5. The second-order valence-electron chi connectivity index (χ2n) is 6.32. The summed E-state index contributed by atoms with van der Waals surface area (Å²) in [6.07, 6.45) is 4.29. The van der Waals surface area contributed by atoms with Crippen LogP contribution in [0.2, 0.25) is 0 Å². The summed E-state index contributed by atoms with van der Waals surface area (Å²) in [5.41, 5.74) is 2.44. The summed E-state index contributed by atoms with van der Waals surface area (Å²) in [6.45, 7) is 1.83. The lowest BCUT2D eigenvalue weighted by molar-refractivity contribution is 0.102. The van der Waals surface area contributed by atoms with E-state index in [1.807, 2.05) is 78.9 Å². The van der Waals surface area contributed by atoms with Crippen LogP contribution in [0.3, 0.4) is 0 Å². The lowest BCUT2D eigenvalue weighted by Gasteiger charge is -2.17. The van der Waals surface area contributed by atoms with Crippen LogP contribution in [0, 0.1) is 0 Å². The normalized spacial score (nSPS) is 12.8. The third-order valence-electron chi connectivity index (χ3n) is 4.38. The minimum absolute atomic E-state index is 0.141. The molecule has 0 atom stereocenters. The maximum absolute atomic E-state index is 12.5. The van der Waals surface area contributed by atoms with E-state index in [4.69, 9.17) is 4.74 Å². The van der Waals surface area contributed by atoms with Crippen molar-refractivity contribution >= 4 is 17.3 Å². The first-order valence-corrected chi connectivity index (χ1v) is 8.92. The predicted molar refractivity (Wildman–Crippen MR) is 109 cm³/mol. The molecule has 4 nitrogen and oxygen atoms in total. The summed E-state index contributed by atoms with van der Waals surface area (Å²) in [7, 11) is 0. The van der Waals surface area contributed by atoms with Gasteiger partial charge in [-0.1, -0.05) is 36.4 Å². The lowest BCUT2D eigenvalue weighted by atomic mass is 10.1. The highest BCUT2D eigenvalue weighted by Gasteiger charge is 2.10. The number of benzene rings is 3. The Morgan fingerprint density at radius 1 is 0.815 bits per heavy atom. The molecule has 0 spiro atoms. The molecule has 0 saturated heterocycles. The number of rotatable bonds is 5. The minimum atomic E-state index is -0.141. The van der Waals surface area contributed by atoms with Gasteiger partial charge in [0.15, 0.2) is 0 Å². The third-order valence-corrected chi connectivity index (χ3v) is 4.38. The highest BCUT2D eigenvalue weighted by molar-refractivity contribution is 6.04.